The first-order valence-corrected chi connectivity index (χ1v) is 6.75. The van der Waals surface area contributed by atoms with E-state index in [0.29, 0.717) is 13.1 Å². The van der Waals surface area contributed by atoms with Crippen molar-refractivity contribution in [3.05, 3.63) is 35.9 Å². The van der Waals surface area contributed by atoms with Gasteiger partial charge in [0.2, 0.25) is 0 Å². The highest BCUT2D eigenvalue weighted by Gasteiger charge is 2.35. The molecule has 0 aliphatic carbocycles. The molecule has 2 N–H and O–H groups in total. The maximum atomic E-state index is 12.5. The molecule has 2 nitrogen and oxygen atoms in total. The van der Waals surface area contributed by atoms with E-state index in [2.05, 4.69) is 0 Å². The minimum Gasteiger partial charge on any atom is -0.323 e. The number of hydrogen-bond acceptors (Lipinski definition) is 2. The molecule has 1 aromatic rings. The normalized spacial score (nSPS) is 14.6. The Balaban J connectivity index is 2.77. The maximum Gasteiger partial charge on any atom is 0.401 e. The number of nitrogens with two attached hydrogens (primary N) is 1. The third-order valence-corrected chi connectivity index (χ3v) is 3.48. The summed E-state index contributed by atoms with van der Waals surface area (Å²) in [7, 11) is 0. The van der Waals surface area contributed by atoms with Crippen LogP contribution in [0.5, 0.6) is 0 Å². The molecule has 0 bridgehead atoms. The van der Waals surface area contributed by atoms with Crippen LogP contribution in [0.25, 0.3) is 0 Å². The average molecular weight is 288 g/mol. The van der Waals surface area contributed by atoms with Gasteiger partial charge in [-0.3, -0.25) is 4.90 Å². The third kappa shape index (κ3) is 5.13. The van der Waals surface area contributed by atoms with E-state index in [9.17, 15) is 13.2 Å². The Morgan fingerprint density at radius 2 is 1.65 bits per heavy atom. The summed E-state index contributed by atoms with van der Waals surface area (Å²) < 4.78 is 37.6. The summed E-state index contributed by atoms with van der Waals surface area (Å²) in [6, 6.07) is 9.19. The first-order valence-electron chi connectivity index (χ1n) is 6.75. The largest absolute Gasteiger partial charge is 0.401 e. The summed E-state index contributed by atoms with van der Waals surface area (Å²) in [6.07, 6.45) is -4.18. The smallest absolute Gasteiger partial charge is 0.323 e. The van der Waals surface area contributed by atoms with Gasteiger partial charge in [0.15, 0.2) is 0 Å². The SMILES string of the molecule is CCN(CC(F)(F)F)CC(C)(C)C(N)c1ccccc1. The predicted octanol–water partition coefficient (Wildman–Crippen LogP) is 3.60. The molecule has 0 spiro atoms. The van der Waals surface area contributed by atoms with Crippen LogP contribution < -0.4 is 5.73 Å². The van der Waals surface area contributed by atoms with Crippen molar-refractivity contribution in [3.8, 4) is 0 Å². The number of halogens is 3. The molecule has 0 saturated heterocycles. The number of hydrogen-bond donors (Lipinski definition) is 1. The standard InChI is InChI=1S/C15H23F3N2/c1-4-20(11-15(16,17)18)10-14(2,3)13(19)12-8-6-5-7-9-12/h5-9,13H,4,10-11,19H2,1-3H3. The van der Waals surface area contributed by atoms with Gasteiger partial charge in [-0.2, -0.15) is 13.2 Å². The molecular weight excluding hydrogens is 265 g/mol. The molecule has 114 valence electrons. The van der Waals surface area contributed by atoms with E-state index in [4.69, 9.17) is 5.73 Å². The van der Waals surface area contributed by atoms with Crippen LogP contribution in [-0.2, 0) is 0 Å². The van der Waals surface area contributed by atoms with Gasteiger partial charge in [-0.15, -0.1) is 0 Å². The van der Waals surface area contributed by atoms with Crippen molar-refractivity contribution in [2.24, 2.45) is 11.1 Å². The molecule has 0 aliphatic heterocycles. The number of benzene rings is 1. The summed E-state index contributed by atoms with van der Waals surface area (Å²) in [5, 5.41) is 0. The zero-order valence-electron chi connectivity index (χ0n) is 12.2. The van der Waals surface area contributed by atoms with Gasteiger partial charge in [0.1, 0.15) is 0 Å². The van der Waals surface area contributed by atoms with Crippen LogP contribution in [0, 0.1) is 5.41 Å². The molecule has 0 amide bonds. The van der Waals surface area contributed by atoms with E-state index in [1.807, 2.05) is 44.2 Å². The van der Waals surface area contributed by atoms with Crippen molar-refractivity contribution in [2.75, 3.05) is 19.6 Å². The lowest BCUT2D eigenvalue weighted by molar-refractivity contribution is -0.148. The molecule has 1 unspecified atom stereocenters. The van der Waals surface area contributed by atoms with Gasteiger partial charge in [-0.1, -0.05) is 51.1 Å². The fourth-order valence-electron chi connectivity index (χ4n) is 2.32. The predicted molar refractivity (Wildman–Crippen MR) is 75.3 cm³/mol. The lowest BCUT2D eigenvalue weighted by Crippen LogP contribution is -2.44. The van der Waals surface area contributed by atoms with Crippen LogP contribution in [0.3, 0.4) is 0 Å². The Morgan fingerprint density at radius 3 is 2.10 bits per heavy atom. The molecule has 0 aromatic heterocycles. The van der Waals surface area contributed by atoms with Crippen molar-refractivity contribution in [2.45, 2.75) is 33.0 Å². The molecule has 0 radical (unpaired) electrons. The lowest BCUT2D eigenvalue weighted by atomic mass is 9.80. The number of alkyl halides is 3. The van der Waals surface area contributed by atoms with Gasteiger partial charge in [0, 0.05) is 12.6 Å². The minimum atomic E-state index is -4.18. The second-order valence-corrected chi connectivity index (χ2v) is 5.80. The van der Waals surface area contributed by atoms with Gasteiger partial charge in [0.25, 0.3) is 0 Å². The molecular formula is C15H23F3N2. The summed E-state index contributed by atoms with van der Waals surface area (Å²) in [5.74, 6) is 0. The summed E-state index contributed by atoms with van der Waals surface area (Å²) in [4.78, 5) is 1.39. The fourth-order valence-corrected chi connectivity index (χ4v) is 2.32. The Bertz CT molecular complexity index is 401. The summed E-state index contributed by atoms with van der Waals surface area (Å²) in [5.41, 5.74) is 6.73. The molecule has 1 aromatic carbocycles. The Hall–Kier alpha value is -1.07. The minimum absolute atomic E-state index is 0.300. The Morgan fingerprint density at radius 1 is 1.10 bits per heavy atom. The van der Waals surface area contributed by atoms with Crippen LogP contribution >= 0.6 is 0 Å². The quantitative estimate of drug-likeness (QED) is 0.866. The molecule has 20 heavy (non-hydrogen) atoms. The topological polar surface area (TPSA) is 29.3 Å². The lowest BCUT2D eigenvalue weighted by Gasteiger charge is -2.37. The van der Waals surface area contributed by atoms with Crippen molar-refractivity contribution >= 4 is 0 Å². The van der Waals surface area contributed by atoms with Crippen molar-refractivity contribution in [3.63, 3.8) is 0 Å². The van der Waals surface area contributed by atoms with Gasteiger partial charge >= 0.3 is 6.18 Å². The average Bonchev–Trinajstić information content (AvgIpc) is 2.36. The van der Waals surface area contributed by atoms with Crippen LogP contribution in [0.15, 0.2) is 30.3 Å². The summed E-state index contributed by atoms with van der Waals surface area (Å²) in [6.45, 7) is 5.31. The van der Waals surface area contributed by atoms with Gasteiger partial charge in [-0.25, -0.2) is 0 Å². The van der Waals surface area contributed by atoms with E-state index >= 15 is 0 Å². The molecule has 1 atom stereocenters. The maximum absolute atomic E-state index is 12.5. The van der Waals surface area contributed by atoms with Gasteiger partial charge in [0.05, 0.1) is 6.54 Å². The van der Waals surface area contributed by atoms with Crippen molar-refractivity contribution in [1.29, 1.82) is 0 Å². The van der Waals surface area contributed by atoms with Crippen molar-refractivity contribution < 1.29 is 13.2 Å². The molecule has 0 heterocycles. The zero-order valence-corrected chi connectivity index (χ0v) is 12.2. The third-order valence-electron chi connectivity index (χ3n) is 3.48. The van der Waals surface area contributed by atoms with E-state index in [1.165, 1.54) is 4.90 Å². The fraction of sp³-hybridized carbons (Fsp3) is 0.600. The van der Waals surface area contributed by atoms with Gasteiger partial charge in [-0.05, 0) is 17.5 Å². The zero-order chi connectivity index (χ0) is 15.4. The van der Waals surface area contributed by atoms with Crippen molar-refractivity contribution in [1.82, 2.24) is 4.90 Å². The van der Waals surface area contributed by atoms with E-state index in [1.54, 1.807) is 6.92 Å². The van der Waals surface area contributed by atoms with E-state index < -0.39 is 18.1 Å². The molecule has 0 aliphatic rings. The first-order chi connectivity index (χ1) is 9.15. The molecule has 5 heteroatoms. The first kappa shape index (κ1) is 17.0. The molecule has 0 saturated carbocycles. The number of rotatable bonds is 6. The Labute approximate surface area is 118 Å². The number of nitrogens with zero attached hydrogens (tertiary/aromatic N) is 1. The molecule has 1 rings (SSSR count). The Kier molecular flexibility index (Phi) is 5.59. The highest BCUT2D eigenvalue weighted by molar-refractivity contribution is 5.20. The van der Waals surface area contributed by atoms with E-state index in [-0.39, 0.29) is 6.04 Å². The highest BCUT2D eigenvalue weighted by Crippen LogP contribution is 2.32. The second kappa shape index (κ2) is 6.59. The van der Waals surface area contributed by atoms with Crippen LogP contribution in [0.4, 0.5) is 13.2 Å². The van der Waals surface area contributed by atoms with Crippen LogP contribution in [0.2, 0.25) is 0 Å². The highest BCUT2D eigenvalue weighted by atomic mass is 19.4. The van der Waals surface area contributed by atoms with Crippen LogP contribution in [0.1, 0.15) is 32.4 Å². The van der Waals surface area contributed by atoms with Crippen LogP contribution in [-0.4, -0.2) is 30.7 Å². The monoisotopic (exact) mass is 288 g/mol. The second-order valence-electron chi connectivity index (χ2n) is 5.80. The van der Waals surface area contributed by atoms with E-state index in [0.717, 1.165) is 5.56 Å². The summed E-state index contributed by atoms with van der Waals surface area (Å²) >= 11 is 0. The molecule has 0 fully saturated rings. The van der Waals surface area contributed by atoms with Gasteiger partial charge < -0.3 is 5.73 Å².